The highest BCUT2D eigenvalue weighted by Crippen LogP contribution is 2.40. The third kappa shape index (κ3) is 2.46. The summed E-state index contributed by atoms with van der Waals surface area (Å²) < 4.78 is 0. The van der Waals surface area contributed by atoms with Crippen molar-refractivity contribution < 1.29 is 5.11 Å². The summed E-state index contributed by atoms with van der Waals surface area (Å²) in [4.78, 5) is 2.61. The number of rotatable bonds is 2. The van der Waals surface area contributed by atoms with Gasteiger partial charge in [-0.25, -0.2) is 0 Å². The van der Waals surface area contributed by atoms with Gasteiger partial charge < -0.3 is 5.11 Å². The van der Waals surface area contributed by atoms with Gasteiger partial charge >= 0.3 is 0 Å². The molecule has 110 valence electrons. The average molecular weight is 273 g/mol. The maximum atomic E-state index is 10.1. The zero-order chi connectivity index (χ0) is 14.1. The second kappa shape index (κ2) is 5.77. The molecule has 3 rings (SSSR count). The molecule has 2 nitrogen and oxygen atoms in total. The number of nitrogens with zero attached hydrogens (tertiary/aromatic N) is 1. The van der Waals surface area contributed by atoms with Crippen LogP contribution in [0, 0.1) is 5.92 Å². The van der Waals surface area contributed by atoms with E-state index >= 15 is 0 Å². The molecule has 20 heavy (non-hydrogen) atoms. The van der Waals surface area contributed by atoms with Crippen LogP contribution in [0.5, 0.6) is 5.75 Å². The van der Waals surface area contributed by atoms with Gasteiger partial charge in [-0.1, -0.05) is 31.9 Å². The van der Waals surface area contributed by atoms with Crippen molar-refractivity contribution in [3.05, 3.63) is 29.3 Å². The second-order valence-electron chi connectivity index (χ2n) is 6.75. The first-order chi connectivity index (χ1) is 9.68. The van der Waals surface area contributed by atoms with Crippen LogP contribution in [0.15, 0.2) is 18.2 Å². The first kappa shape index (κ1) is 13.9. The topological polar surface area (TPSA) is 23.5 Å². The van der Waals surface area contributed by atoms with Gasteiger partial charge in [0.1, 0.15) is 5.75 Å². The molecule has 0 bridgehead atoms. The normalized spacial score (nSPS) is 30.2. The molecule has 2 aliphatic rings. The van der Waals surface area contributed by atoms with Crippen LogP contribution >= 0.6 is 0 Å². The van der Waals surface area contributed by atoms with Crippen molar-refractivity contribution in [2.24, 2.45) is 5.92 Å². The Labute approximate surface area is 122 Å². The third-order valence-electron chi connectivity index (χ3n) is 5.53. The van der Waals surface area contributed by atoms with E-state index in [1.165, 1.54) is 49.7 Å². The largest absolute Gasteiger partial charge is 0.508 e. The van der Waals surface area contributed by atoms with Crippen molar-refractivity contribution in [2.45, 2.75) is 64.0 Å². The molecule has 0 amide bonds. The monoisotopic (exact) mass is 273 g/mol. The molecule has 0 spiro atoms. The van der Waals surface area contributed by atoms with Crippen LogP contribution in [0.1, 0.15) is 62.6 Å². The summed E-state index contributed by atoms with van der Waals surface area (Å²) in [6, 6.07) is 7.27. The van der Waals surface area contributed by atoms with Crippen LogP contribution < -0.4 is 0 Å². The lowest BCUT2D eigenvalue weighted by Crippen LogP contribution is -2.42. The molecule has 0 aromatic heterocycles. The van der Waals surface area contributed by atoms with Gasteiger partial charge in [0.05, 0.1) is 0 Å². The van der Waals surface area contributed by atoms with E-state index in [2.05, 4.69) is 24.9 Å². The molecule has 1 aromatic carbocycles. The maximum Gasteiger partial charge on any atom is 0.119 e. The Kier molecular flexibility index (Phi) is 4.02. The number of benzene rings is 1. The smallest absolute Gasteiger partial charge is 0.119 e. The van der Waals surface area contributed by atoms with Crippen molar-refractivity contribution in [3.63, 3.8) is 0 Å². The Morgan fingerprint density at radius 3 is 2.70 bits per heavy atom. The molecule has 0 heterocycles. The Bertz CT molecular complexity index is 470. The molecule has 1 N–H and O–H groups in total. The van der Waals surface area contributed by atoms with Gasteiger partial charge in [0.25, 0.3) is 0 Å². The Balaban J connectivity index is 1.86. The molecule has 2 aliphatic carbocycles. The molecule has 0 radical (unpaired) electrons. The van der Waals surface area contributed by atoms with Gasteiger partial charge in [-0.2, -0.15) is 0 Å². The molecule has 0 aliphatic heterocycles. The highest BCUT2D eigenvalue weighted by Gasteiger charge is 2.32. The third-order valence-corrected chi connectivity index (χ3v) is 5.53. The molecule has 1 fully saturated rings. The van der Waals surface area contributed by atoms with Gasteiger partial charge in [-0.3, -0.25) is 4.90 Å². The Hall–Kier alpha value is -1.02. The minimum atomic E-state index is 0.497. The lowest BCUT2D eigenvalue weighted by Gasteiger charge is -2.43. The van der Waals surface area contributed by atoms with Crippen LogP contribution in [0.2, 0.25) is 0 Å². The average Bonchev–Trinajstić information content (AvgIpc) is 2.47. The number of hydrogen-bond acceptors (Lipinski definition) is 2. The second-order valence-corrected chi connectivity index (χ2v) is 6.75. The van der Waals surface area contributed by atoms with Crippen molar-refractivity contribution in [2.75, 3.05) is 7.05 Å². The number of fused-ring (bicyclic) bond motifs is 1. The maximum absolute atomic E-state index is 10.1. The van der Waals surface area contributed by atoms with Crippen LogP contribution in [0.3, 0.4) is 0 Å². The summed E-state index contributed by atoms with van der Waals surface area (Å²) in [6.45, 7) is 2.41. The minimum Gasteiger partial charge on any atom is -0.508 e. The fraction of sp³-hybridized carbons (Fsp3) is 0.667. The summed E-state index contributed by atoms with van der Waals surface area (Å²) in [7, 11) is 2.30. The number of phenolic OH excluding ortho intramolecular Hbond substituents is 1. The Morgan fingerprint density at radius 2 is 1.90 bits per heavy atom. The van der Waals surface area contributed by atoms with E-state index in [4.69, 9.17) is 0 Å². The molecular weight excluding hydrogens is 246 g/mol. The SMILES string of the molecule is CC1CCCCC1N(C)C1CCCc2c(O)cccc21. The van der Waals surface area contributed by atoms with Crippen LogP contribution in [0.4, 0.5) is 0 Å². The molecule has 2 heteroatoms. The highest BCUT2D eigenvalue weighted by molar-refractivity contribution is 5.42. The summed E-state index contributed by atoms with van der Waals surface area (Å²) >= 11 is 0. The quantitative estimate of drug-likeness (QED) is 0.869. The van der Waals surface area contributed by atoms with Crippen molar-refractivity contribution in [1.82, 2.24) is 4.90 Å². The summed E-state index contributed by atoms with van der Waals surface area (Å²) in [5.74, 6) is 1.30. The van der Waals surface area contributed by atoms with Gasteiger partial charge in [0.15, 0.2) is 0 Å². The van der Waals surface area contributed by atoms with E-state index in [1.54, 1.807) is 0 Å². The number of aromatic hydroxyl groups is 1. The molecule has 1 saturated carbocycles. The number of hydrogen-bond donors (Lipinski definition) is 1. The van der Waals surface area contributed by atoms with Crippen molar-refractivity contribution in [3.8, 4) is 5.75 Å². The fourth-order valence-corrected chi connectivity index (χ4v) is 4.36. The molecule has 3 unspecified atom stereocenters. The van der Waals surface area contributed by atoms with Crippen molar-refractivity contribution in [1.29, 1.82) is 0 Å². The zero-order valence-electron chi connectivity index (χ0n) is 12.8. The number of phenols is 1. The van der Waals surface area contributed by atoms with Gasteiger partial charge in [0.2, 0.25) is 0 Å². The first-order valence-corrected chi connectivity index (χ1v) is 8.21. The van der Waals surface area contributed by atoms with Crippen LogP contribution in [-0.4, -0.2) is 23.1 Å². The lowest BCUT2D eigenvalue weighted by molar-refractivity contribution is 0.0872. The lowest BCUT2D eigenvalue weighted by atomic mass is 9.81. The summed E-state index contributed by atoms with van der Waals surface area (Å²) in [5, 5.41) is 10.1. The highest BCUT2D eigenvalue weighted by atomic mass is 16.3. The summed E-state index contributed by atoms with van der Waals surface area (Å²) in [6.07, 6.45) is 8.94. The van der Waals surface area contributed by atoms with E-state index in [0.29, 0.717) is 17.8 Å². The molecule has 1 aromatic rings. The van der Waals surface area contributed by atoms with E-state index in [-0.39, 0.29) is 0 Å². The van der Waals surface area contributed by atoms with Crippen molar-refractivity contribution >= 4 is 0 Å². The molecular formula is C18H27NO. The van der Waals surface area contributed by atoms with E-state index in [1.807, 2.05) is 12.1 Å². The fourth-order valence-electron chi connectivity index (χ4n) is 4.36. The van der Waals surface area contributed by atoms with E-state index in [0.717, 1.165) is 12.3 Å². The first-order valence-electron chi connectivity index (χ1n) is 8.21. The van der Waals surface area contributed by atoms with Crippen LogP contribution in [-0.2, 0) is 6.42 Å². The van der Waals surface area contributed by atoms with E-state index < -0.39 is 0 Å². The predicted octanol–water partition coefficient (Wildman–Crippen LogP) is 4.28. The van der Waals surface area contributed by atoms with Gasteiger partial charge in [0, 0.05) is 12.1 Å². The summed E-state index contributed by atoms with van der Waals surface area (Å²) in [5.41, 5.74) is 2.57. The molecule has 0 saturated heterocycles. The van der Waals surface area contributed by atoms with Gasteiger partial charge in [-0.15, -0.1) is 0 Å². The van der Waals surface area contributed by atoms with Crippen LogP contribution in [0.25, 0.3) is 0 Å². The standard InChI is InChI=1S/C18H27NO/c1-13-7-3-4-10-16(13)19(2)17-11-5-9-15-14(17)8-6-12-18(15)20/h6,8,12-13,16-17,20H,3-5,7,9-11H2,1-2H3. The van der Waals surface area contributed by atoms with E-state index in [9.17, 15) is 5.11 Å². The molecule has 3 atom stereocenters. The van der Waals surface area contributed by atoms with Gasteiger partial charge in [-0.05, 0) is 62.3 Å². The Morgan fingerprint density at radius 1 is 1.10 bits per heavy atom. The predicted molar refractivity (Wildman–Crippen MR) is 83.0 cm³/mol. The minimum absolute atomic E-state index is 0.497. The zero-order valence-corrected chi connectivity index (χ0v) is 12.8.